The van der Waals surface area contributed by atoms with Gasteiger partial charge in [-0.15, -0.1) is 0 Å². The van der Waals surface area contributed by atoms with Crippen molar-refractivity contribution in [3.63, 3.8) is 0 Å². The zero-order valence-corrected chi connectivity index (χ0v) is 15.7. The molecule has 2 aromatic heterocycles. The van der Waals surface area contributed by atoms with Crippen molar-refractivity contribution < 1.29 is 14.6 Å². The molecule has 0 saturated carbocycles. The lowest BCUT2D eigenvalue weighted by atomic mass is 9.74. The molecule has 0 aliphatic carbocycles. The van der Waals surface area contributed by atoms with Crippen LogP contribution in [0.3, 0.4) is 0 Å². The lowest BCUT2D eigenvalue weighted by Gasteiger charge is -2.36. The number of hydrogen-bond donors (Lipinski definition) is 2. The summed E-state index contributed by atoms with van der Waals surface area (Å²) in [4.78, 5) is 31.3. The molecule has 1 aromatic carbocycles. The Morgan fingerprint density at radius 3 is 2.74 bits per heavy atom. The first kappa shape index (κ1) is 17.3. The summed E-state index contributed by atoms with van der Waals surface area (Å²) < 4.78 is 7.51. The molecule has 1 aliphatic rings. The minimum atomic E-state index is -1.23. The highest BCUT2D eigenvalue weighted by Crippen LogP contribution is 2.45. The van der Waals surface area contributed by atoms with Gasteiger partial charge in [-0.2, -0.15) is 0 Å². The molecule has 0 fully saturated rings. The third-order valence-corrected chi connectivity index (χ3v) is 5.27. The Bertz CT molecular complexity index is 1130. The second-order valence-electron chi connectivity index (χ2n) is 7.94. The van der Waals surface area contributed by atoms with Gasteiger partial charge < -0.3 is 19.4 Å². The molecule has 1 unspecified atom stereocenters. The molecule has 7 nitrogen and oxygen atoms in total. The number of para-hydroxylation sites is 1. The van der Waals surface area contributed by atoms with E-state index in [1.54, 1.807) is 7.11 Å². The summed E-state index contributed by atoms with van der Waals surface area (Å²) in [6, 6.07) is 7.24. The van der Waals surface area contributed by atoms with Crippen molar-refractivity contribution in [3.8, 4) is 17.3 Å². The number of nitrogens with zero attached hydrogens (tertiary/aromatic N) is 2. The number of carboxylic acids is 1. The maximum Gasteiger partial charge on any atom is 0.341 e. The van der Waals surface area contributed by atoms with Gasteiger partial charge in [-0.05, 0) is 29.2 Å². The van der Waals surface area contributed by atoms with Crippen molar-refractivity contribution in [2.45, 2.75) is 33.2 Å². The second-order valence-corrected chi connectivity index (χ2v) is 7.94. The highest BCUT2D eigenvalue weighted by atomic mass is 16.5. The van der Waals surface area contributed by atoms with Crippen molar-refractivity contribution in [1.82, 2.24) is 14.5 Å². The van der Waals surface area contributed by atoms with Crippen LogP contribution in [0.4, 0.5) is 0 Å². The second kappa shape index (κ2) is 5.70. The Labute approximate surface area is 155 Å². The summed E-state index contributed by atoms with van der Waals surface area (Å²) in [7, 11) is 1.60. The van der Waals surface area contributed by atoms with Gasteiger partial charge in [0.15, 0.2) is 5.82 Å². The summed E-state index contributed by atoms with van der Waals surface area (Å²) in [6.07, 6.45) is 0. The number of aromatic amines is 1. The number of aromatic nitrogens is 3. The fourth-order valence-electron chi connectivity index (χ4n) is 3.85. The average molecular weight is 367 g/mol. The minimum absolute atomic E-state index is 0.0125. The summed E-state index contributed by atoms with van der Waals surface area (Å²) in [6.45, 7) is 6.97. The maximum atomic E-state index is 12.3. The number of hydrogen-bond acceptors (Lipinski definition) is 4. The summed E-state index contributed by atoms with van der Waals surface area (Å²) in [5.74, 6) is 0.0674. The molecule has 140 valence electrons. The molecular weight excluding hydrogens is 346 g/mol. The maximum absolute atomic E-state index is 12.3. The third-order valence-electron chi connectivity index (χ3n) is 5.27. The van der Waals surface area contributed by atoms with Gasteiger partial charge in [-0.1, -0.05) is 26.8 Å². The Morgan fingerprint density at radius 1 is 1.37 bits per heavy atom. The van der Waals surface area contributed by atoms with Crippen LogP contribution in [0.15, 0.2) is 29.1 Å². The van der Waals surface area contributed by atoms with E-state index in [2.05, 4.69) is 30.3 Å². The van der Waals surface area contributed by atoms with Crippen molar-refractivity contribution >= 4 is 17.0 Å². The van der Waals surface area contributed by atoms with Crippen LogP contribution in [-0.2, 0) is 6.54 Å². The Hall–Kier alpha value is -3.09. The third kappa shape index (κ3) is 2.53. The Kier molecular flexibility index (Phi) is 3.66. The van der Waals surface area contributed by atoms with Crippen molar-refractivity contribution in [1.29, 1.82) is 0 Å². The van der Waals surface area contributed by atoms with Crippen LogP contribution in [0.25, 0.3) is 22.6 Å². The SMILES string of the molecule is COc1cccc2c1nc1n2CC(C(C)(C)C)c2cc(C(=O)O)c(=O)[nH]c2-1. The molecule has 3 heterocycles. The number of imidazole rings is 1. The van der Waals surface area contributed by atoms with E-state index in [0.29, 0.717) is 23.8 Å². The van der Waals surface area contributed by atoms with Crippen LogP contribution in [0, 0.1) is 5.41 Å². The molecule has 1 aliphatic heterocycles. The standard InChI is InChI=1S/C20H21N3O4/c1-20(2,3)12-9-23-13-6-5-7-14(27-4)16(13)21-17(23)15-10(12)8-11(19(25)26)18(24)22-15/h5-8,12H,9H2,1-4H3,(H,22,24)(H,25,26). The van der Waals surface area contributed by atoms with E-state index >= 15 is 0 Å². The lowest BCUT2D eigenvalue weighted by Crippen LogP contribution is -2.31. The largest absolute Gasteiger partial charge is 0.494 e. The summed E-state index contributed by atoms with van der Waals surface area (Å²) in [5.41, 5.74) is 2.02. The predicted molar refractivity (Wildman–Crippen MR) is 101 cm³/mol. The molecule has 0 radical (unpaired) electrons. The first-order valence-corrected chi connectivity index (χ1v) is 8.76. The van der Waals surface area contributed by atoms with Crippen LogP contribution in [0.5, 0.6) is 5.75 Å². The van der Waals surface area contributed by atoms with E-state index in [4.69, 9.17) is 9.72 Å². The molecule has 1 atom stereocenters. The van der Waals surface area contributed by atoms with Crippen molar-refractivity contribution in [2.24, 2.45) is 5.41 Å². The van der Waals surface area contributed by atoms with E-state index in [1.807, 2.05) is 18.2 Å². The minimum Gasteiger partial charge on any atom is -0.494 e. The average Bonchev–Trinajstić information content (AvgIpc) is 2.98. The molecule has 0 spiro atoms. The predicted octanol–water partition coefficient (Wildman–Crippen LogP) is 3.24. The van der Waals surface area contributed by atoms with Gasteiger partial charge in [0, 0.05) is 12.5 Å². The first-order chi connectivity index (χ1) is 12.7. The molecule has 7 heteroatoms. The van der Waals surface area contributed by atoms with Crippen molar-refractivity contribution in [2.75, 3.05) is 7.11 Å². The van der Waals surface area contributed by atoms with Crippen LogP contribution in [0.1, 0.15) is 42.6 Å². The fourth-order valence-corrected chi connectivity index (χ4v) is 3.85. The number of H-pyrrole nitrogens is 1. The number of pyridine rings is 1. The van der Waals surface area contributed by atoms with Crippen LogP contribution >= 0.6 is 0 Å². The first-order valence-electron chi connectivity index (χ1n) is 8.76. The zero-order valence-electron chi connectivity index (χ0n) is 15.7. The van der Waals surface area contributed by atoms with Crippen LogP contribution in [-0.4, -0.2) is 32.7 Å². The number of rotatable bonds is 2. The molecule has 0 saturated heterocycles. The highest BCUT2D eigenvalue weighted by Gasteiger charge is 2.36. The smallest absolute Gasteiger partial charge is 0.341 e. The molecule has 27 heavy (non-hydrogen) atoms. The monoisotopic (exact) mass is 367 g/mol. The number of methoxy groups -OCH3 is 1. The fraction of sp³-hybridized carbons (Fsp3) is 0.350. The quantitative estimate of drug-likeness (QED) is 0.725. The number of carbonyl (C=O) groups is 1. The number of nitrogens with one attached hydrogen (secondary N) is 1. The summed E-state index contributed by atoms with van der Waals surface area (Å²) >= 11 is 0. The Morgan fingerprint density at radius 2 is 2.11 bits per heavy atom. The van der Waals surface area contributed by atoms with Gasteiger partial charge in [0.1, 0.15) is 16.8 Å². The molecule has 4 rings (SSSR count). The number of carboxylic acid groups (broad SMARTS) is 1. The molecule has 2 N–H and O–H groups in total. The molecule has 0 bridgehead atoms. The van der Waals surface area contributed by atoms with E-state index < -0.39 is 11.5 Å². The van der Waals surface area contributed by atoms with E-state index in [-0.39, 0.29) is 16.9 Å². The van der Waals surface area contributed by atoms with Gasteiger partial charge in [-0.25, -0.2) is 9.78 Å². The van der Waals surface area contributed by atoms with Crippen molar-refractivity contribution in [3.05, 3.63) is 45.7 Å². The lowest BCUT2D eigenvalue weighted by molar-refractivity contribution is 0.0694. The molecule has 3 aromatic rings. The zero-order chi connectivity index (χ0) is 19.5. The molecular formula is C20H21N3O4. The number of aromatic carboxylic acids is 1. The van der Waals surface area contributed by atoms with Crippen LogP contribution < -0.4 is 10.3 Å². The molecule has 0 amide bonds. The van der Waals surface area contributed by atoms with Gasteiger partial charge in [0.25, 0.3) is 5.56 Å². The topological polar surface area (TPSA) is 97.2 Å². The summed E-state index contributed by atoms with van der Waals surface area (Å²) in [5, 5.41) is 9.38. The van der Waals surface area contributed by atoms with E-state index in [1.165, 1.54) is 6.07 Å². The van der Waals surface area contributed by atoms with Gasteiger partial charge in [0.05, 0.1) is 18.3 Å². The highest BCUT2D eigenvalue weighted by molar-refractivity contribution is 5.89. The normalized spacial score (nSPS) is 16.1. The van der Waals surface area contributed by atoms with E-state index in [0.717, 1.165) is 16.6 Å². The van der Waals surface area contributed by atoms with Gasteiger partial charge in [-0.3, -0.25) is 4.79 Å². The Balaban J connectivity index is 2.08. The number of fused-ring (bicyclic) bond motifs is 5. The van der Waals surface area contributed by atoms with Gasteiger partial charge in [0.2, 0.25) is 0 Å². The van der Waals surface area contributed by atoms with E-state index in [9.17, 15) is 14.7 Å². The number of ether oxygens (including phenoxy) is 1. The van der Waals surface area contributed by atoms with Crippen LogP contribution in [0.2, 0.25) is 0 Å². The van der Waals surface area contributed by atoms with Gasteiger partial charge >= 0.3 is 5.97 Å². The number of benzene rings is 1.